The molecule has 0 unspecified atom stereocenters. The van der Waals surface area contributed by atoms with Gasteiger partial charge < -0.3 is 15.3 Å². The summed E-state index contributed by atoms with van der Waals surface area (Å²) in [7, 11) is 0. The number of nitrogens with one attached hydrogen (secondary N) is 1. The van der Waals surface area contributed by atoms with Gasteiger partial charge in [0.15, 0.2) is 0 Å². The highest BCUT2D eigenvalue weighted by atomic mass is 35.5. The lowest BCUT2D eigenvalue weighted by molar-refractivity contribution is 0.0998. The number of piperidine rings is 1. The van der Waals surface area contributed by atoms with Gasteiger partial charge in [0.05, 0.1) is 6.10 Å². The molecule has 0 spiro atoms. The maximum absolute atomic E-state index is 9.40. The molecule has 1 aromatic carbocycles. The van der Waals surface area contributed by atoms with Gasteiger partial charge >= 0.3 is 0 Å². The van der Waals surface area contributed by atoms with Gasteiger partial charge in [-0.15, -0.1) is 0 Å². The topological polar surface area (TPSA) is 35.5 Å². The minimum Gasteiger partial charge on any atom is -0.392 e. The molecule has 20 heavy (non-hydrogen) atoms. The second-order valence-electron chi connectivity index (χ2n) is 5.85. The van der Waals surface area contributed by atoms with Crippen molar-refractivity contribution in [2.24, 2.45) is 5.92 Å². The number of benzene rings is 1. The van der Waals surface area contributed by atoms with E-state index in [1.165, 1.54) is 18.4 Å². The van der Waals surface area contributed by atoms with E-state index in [0.29, 0.717) is 0 Å². The summed E-state index contributed by atoms with van der Waals surface area (Å²) in [6.07, 6.45) is 2.22. The predicted octanol–water partition coefficient (Wildman–Crippen LogP) is 2.52. The van der Waals surface area contributed by atoms with Crippen LogP contribution in [-0.4, -0.2) is 42.3 Å². The molecule has 0 radical (unpaired) electrons. The highest BCUT2D eigenvalue weighted by Gasteiger charge is 2.19. The van der Waals surface area contributed by atoms with Crippen molar-refractivity contribution in [2.45, 2.75) is 32.4 Å². The Hall–Kier alpha value is -0.610. The van der Waals surface area contributed by atoms with Gasteiger partial charge in [-0.1, -0.05) is 23.7 Å². The highest BCUT2D eigenvalue weighted by Crippen LogP contribution is 2.17. The average molecular weight is 297 g/mol. The second-order valence-corrected chi connectivity index (χ2v) is 6.29. The Morgan fingerprint density at radius 3 is 2.80 bits per heavy atom. The summed E-state index contributed by atoms with van der Waals surface area (Å²) >= 11 is 5.98. The van der Waals surface area contributed by atoms with Gasteiger partial charge in [-0.25, -0.2) is 0 Å². The molecule has 1 saturated heterocycles. The van der Waals surface area contributed by atoms with Gasteiger partial charge in [0.25, 0.3) is 0 Å². The first-order chi connectivity index (χ1) is 9.63. The largest absolute Gasteiger partial charge is 0.392 e. The van der Waals surface area contributed by atoms with E-state index >= 15 is 0 Å². The lowest BCUT2D eigenvalue weighted by Crippen LogP contribution is -2.40. The van der Waals surface area contributed by atoms with E-state index in [1.54, 1.807) is 0 Å². The van der Waals surface area contributed by atoms with Crippen LogP contribution in [0.3, 0.4) is 0 Å². The molecule has 1 aromatic rings. The molecule has 0 aromatic heterocycles. The van der Waals surface area contributed by atoms with Crippen molar-refractivity contribution >= 4 is 11.6 Å². The average Bonchev–Trinajstić information content (AvgIpc) is 2.40. The van der Waals surface area contributed by atoms with E-state index in [0.717, 1.165) is 43.7 Å². The second kappa shape index (κ2) is 7.99. The van der Waals surface area contributed by atoms with E-state index in [4.69, 9.17) is 11.6 Å². The predicted molar refractivity (Wildman–Crippen MR) is 84.0 cm³/mol. The summed E-state index contributed by atoms with van der Waals surface area (Å²) in [6.45, 7) is 6.83. The van der Waals surface area contributed by atoms with Gasteiger partial charge in [0.2, 0.25) is 0 Å². The first kappa shape index (κ1) is 15.8. The molecule has 1 aliphatic heterocycles. The fraction of sp³-hybridized carbons (Fsp3) is 0.625. The van der Waals surface area contributed by atoms with E-state index in [-0.39, 0.29) is 6.10 Å². The molecule has 1 heterocycles. The third-order valence-electron chi connectivity index (χ3n) is 3.88. The Morgan fingerprint density at radius 1 is 1.40 bits per heavy atom. The Labute approximate surface area is 126 Å². The maximum atomic E-state index is 9.40. The molecule has 112 valence electrons. The lowest BCUT2D eigenvalue weighted by Gasteiger charge is -2.32. The standard InChI is InChI=1S/C16H25ClN2O/c1-13(20)12-19-7-5-14(6-8-19)10-18-11-15-3-2-4-16(17)9-15/h2-4,9,13-14,18,20H,5-8,10-12H2,1H3/t13-/m1/s1. The van der Waals surface area contributed by atoms with Crippen LogP contribution in [0.5, 0.6) is 0 Å². The fourth-order valence-corrected chi connectivity index (χ4v) is 3.03. The van der Waals surface area contributed by atoms with Crippen LogP contribution >= 0.6 is 11.6 Å². The normalized spacial score (nSPS) is 19.1. The molecule has 2 rings (SSSR count). The number of nitrogens with zero attached hydrogens (tertiary/aromatic N) is 1. The smallest absolute Gasteiger partial charge is 0.0639 e. The van der Waals surface area contributed by atoms with Crippen molar-refractivity contribution in [3.05, 3.63) is 34.9 Å². The molecule has 3 nitrogen and oxygen atoms in total. The highest BCUT2D eigenvalue weighted by molar-refractivity contribution is 6.30. The van der Waals surface area contributed by atoms with Crippen molar-refractivity contribution in [1.82, 2.24) is 10.2 Å². The zero-order chi connectivity index (χ0) is 14.4. The number of aliphatic hydroxyl groups excluding tert-OH is 1. The summed E-state index contributed by atoms with van der Waals surface area (Å²) in [5.41, 5.74) is 1.24. The molecule has 0 amide bonds. The summed E-state index contributed by atoms with van der Waals surface area (Å²) < 4.78 is 0. The van der Waals surface area contributed by atoms with Crippen molar-refractivity contribution in [3.8, 4) is 0 Å². The first-order valence-corrected chi connectivity index (χ1v) is 7.87. The monoisotopic (exact) mass is 296 g/mol. The van der Waals surface area contributed by atoms with E-state index in [2.05, 4.69) is 16.3 Å². The van der Waals surface area contributed by atoms with Crippen LogP contribution in [-0.2, 0) is 6.54 Å². The number of rotatable bonds is 6. The minimum absolute atomic E-state index is 0.215. The Kier molecular flexibility index (Phi) is 6.30. The third kappa shape index (κ3) is 5.41. The molecule has 0 bridgehead atoms. The molecular weight excluding hydrogens is 272 g/mol. The van der Waals surface area contributed by atoms with E-state index in [1.807, 2.05) is 25.1 Å². The SMILES string of the molecule is C[C@@H](O)CN1CCC(CNCc2cccc(Cl)c2)CC1. The molecule has 1 fully saturated rings. The number of β-amino-alcohol motifs (C(OH)–C–C–N with tert-alkyl or cyclic N) is 1. The van der Waals surface area contributed by atoms with Crippen LogP contribution in [0, 0.1) is 5.92 Å². The van der Waals surface area contributed by atoms with Gasteiger partial charge in [-0.2, -0.15) is 0 Å². The van der Waals surface area contributed by atoms with Crippen molar-refractivity contribution in [2.75, 3.05) is 26.2 Å². The van der Waals surface area contributed by atoms with Crippen LogP contribution in [0.25, 0.3) is 0 Å². The quantitative estimate of drug-likeness (QED) is 0.847. The van der Waals surface area contributed by atoms with Crippen LogP contribution < -0.4 is 5.32 Å². The first-order valence-electron chi connectivity index (χ1n) is 7.49. The number of likely N-dealkylation sites (tertiary alicyclic amines) is 1. The van der Waals surface area contributed by atoms with Crippen molar-refractivity contribution < 1.29 is 5.11 Å². The van der Waals surface area contributed by atoms with Crippen LogP contribution in [0.15, 0.2) is 24.3 Å². The van der Waals surface area contributed by atoms with Crippen LogP contribution in [0.2, 0.25) is 5.02 Å². The molecule has 1 aliphatic rings. The summed E-state index contributed by atoms with van der Waals surface area (Å²) in [5, 5.41) is 13.7. The van der Waals surface area contributed by atoms with Gasteiger partial charge in [-0.3, -0.25) is 0 Å². The molecule has 0 saturated carbocycles. The number of hydrogen-bond donors (Lipinski definition) is 2. The number of hydrogen-bond acceptors (Lipinski definition) is 3. The molecule has 2 N–H and O–H groups in total. The zero-order valence-corrected chi connectivity index (χ0v) is 12.9. The van der Waals surface area contributed by atoms with Gasteiger partial charge in [0, 0.05) is 18.1 Å². The minimum atomic E-state index is -0.215. The molecule has 4 heteroatoms. The Bertz CT molecular complexity index is 403. The Balaban J connectivity index is 1.64. The van der Waals surface area contributed by atoms with E-state index < -0.39 is 0 Å². The molecule has 1 atom stereocenters. The van der Waals surface area contributed by atoms with Gasteiger partial charge in [-0.05, 0) is 63.0 Å². The number of aliphatic hydroxyl groups is 1. The summed E-state index contributed by atoms with van der Waals surface area (Å²) in [4.78, 5) is 2.36. The van der Waals surface area contributed by atoms with Crippen molar-refractivity contribution in [1.29, 1.82) is 0 Å². The number of halogens is 1. The summed E-state index contributed by atoms with van der Waals surface area (Å²) in [6, 6.07) is 8.01. The third-order valence-corrected chi connectivity index (χ3v) is 4.12. The van der Waals surface area contributed by atoms with Gasteiger partial charge in [0.1, 0.15) is 0 Å². The van der Waals surface area contributed by atoms with Crippen LogP contribution in [0.1, 0.15) is 25.3 Å². The Morgan fingerprint density at radius 2 is 2.15 bits per heavy atom. The maximum Gasteiger partial charge on any atom is 0.0639 e. The fourth-order valence-electron chi connectivity index (χ4n) is 2.81. The molecule has 0 aliphatic carbocycles. The van der Waals surface area contributed by atoms with E-state index in [9.17, 15) is 5.11 Å². The van der Waals surface area contributed by atoms with Crippen molar-refractivity contribution in [3.63, 3.8) is 0 Å². The lowest BCUT2D eigenvalue weighted by atomic mass is 9.96. The molecular formula is C16H25ClN2O. The van der Waals surface area contributed by atoms with Crippen LogP contribution in [0.4, 0.5) is 0 Å². The zero-order valence-electron chi connectivity index (χ0n) is 12.2. The summed E-state index contributed by atoms with van der Waals surface area (Å²) in [5.74, 6) is 0.749.